The molecule has 0 unspecified atom stereocenters. The Kier molecular flexibility index (Phi) is 6.13. The van der Waals surface area contributed by atoms with Gasteiger partial charge in [0.1, 0.15) is 11.1 Å². The summed E-state index contributed by atoms with van der Waals surface area (Å²) in [6.07, 6.45) is 2.97. The Hall–Kier alpha value is -5.12. The van der Waals surface area contributed by atoms with Crippen LogP contribution in [0.25, 0.3) is 28.9 Å². The maximum Gasteiger partial charge on any atom is 0.333 e. The van der Waals surface area contributed by atoms with Crippen molar-refractivity contribution in [1.82, 2.24) is 19.6 Å². The van der Waals surface area contributed by atoms with Crippen molar-refractivity contribution in [2.24, 2.45) is 0 Å². The molecule has 10 heteroatoms. The largest absolute Gasteiger partial charge is 0.333 e. The minimum Gasteiger partial charge on any atom is -0.268 e. The van der Waals surface area contributed by atoms with Gasteiger partial charge in [-0.15, -0.1) is 0 Å². The van der Waals surface area contributed by atoms with Crippen molar-refractivity contribution in [3.05, 3.63) is 75.4 Å². The number of rotatable bonds is 2. The van der Waals surface area contributed by atoms with Crippen LogP contribution in [0.2, 0.25) is 0 Å². The molecule has 3 aliphatic rings. The summed E-state index contributed by atoms with van der Waals surface area (Å²) in [6.45, 7) is 3.94. The maximum atomic E-state index is 12.7. The number of allylic oxidation sites excluding steroid dienone is 1. The fourth-order valence-electron chi connectivity index (χ4n) is 5.15. The number of imide groups is 4. The van der Waals surface area contributed by atoms with Gasteiger partial charge in [-0.2, -0.15) is 0 Å². The van der Waals surface area contributed by atoms with Crippen LogP contribution in [-0.4, -0.2) is 83.5 Å². The molecule has 2 fully saturated rings. The van der Waals surface area contributed by atoms with Crippen LogP contribution in [0.1, 0.15) is 36.1 Å². The van der Waals surface area contributed by atoms with Crippen molar-refractivity contribution in [2.45, 2.75) is 13.8 Å². The molecule has 2 aromatic rings. The van der Waals surface area contributed by atoms with Gasteiger partial charge in [-0.05, 0) is 77.1 Å². The summed E-state index contributed by atoms with van der Waals surface area (Å²) < 4.78 is 0. The van der Waals surface area contributed by atoms with Crippen LogP contribution < -0.4 is 0 Å². The predicted octanol–water partition coefficient (Wildman–Crippen LogP) is 3.38. The fourth-order valence-corrected chi connectivity index (χ4v) is 5.15. The smallest absolute Gasteiger partial charge is 0.268 e. The summed E-state index contributed by atoms with van der Waals surface area (Å²) in [6, 6.07) is 9.85. The zero-order valence-corrected chi connectivity index (χ0v) is 22.9. The van der Waals surface area contributed by atoms with Crippen LogP contribution in [-0.2, 0) is 19.2 Å². The lowest BCUT2D eigenvalue weighted by Gasteiger charge is -2.28. The van der Waals surface area contributed by atoms with Gasteiger partial charge in [0.2, 0.25) is 0 Å². The second kappa shape index (κ2) is 9.26. The highest BCUT2D eigenvalue weighted by atomic mass is 16.2. The summed E-state index contributed by atoms with van der Waals surface area (Å²) in [5.74, 6) is -2.66. The molecule has 0 aromatic heterocycles. The number of likely N-dealkylation sites (N-methyl/N-ethyl adjacent to an activating group) is 4. The molecule has 10 nitrogen and oxygen atoms in total. The first-order valence-electron chi connectivity index (χ1n) is 12.4. The first-order valence-corrected chi connectivity index (χ1v) is 12.4. The van der Waals surface area contributed by atoms with Crippen LogP contribution in [0.4, 0.5) is 9.59 Å². The molecule has 0 bridgehead atoms. The molecule has 0 atom stereocenters. The molecule has 2 aromatic carbocycles. The minimum atomic E-state index is -0.685. The highest BCUT2D eigenvalue weighted by molar-refractivity contribution is 6.31. The molecule has 8 amide bonds. The van der Waals surface area contributed by atoms with E-state index >= 15 is 0 Å². The number of hydrogen-bond donors (Lipinski definition) is 0. The van der Waals surface area contributed by atoms with Crippen molar-refractivity contribution in [3.8, 4) is 11.1 Å². The van der Waals surface area contributed by atoms with Crippen molar-refractivity contribution < 1.29 is 28.8 Å². The third kappa shape index (κ3) is 3.87. The molecular formula is C30H26N4O6. The van der Waals surface area contributed by atoms with E-state index in [2.05, 4.69) is 0 Å². The van der Waals surface area contributed by atoms with Crippen molar-refractivity contribution >= 4 is 53.4 Å². The van der Waals surface area contributed by atoms with Gasteiger partial charge >= 0.3 is 12.1 Å². The maximum absolute atomic E-state index is 12.7. The third-order valence-electron chi connectivity index (χ3n) is 7.33. The lowest BCUT2D eigenvalue weighted by molar-refractivity contribution is -0.135. The topological polar surface area (TPSA) is 115 Å². The van der Waals surface area contributed by atoms with E-state index in [9.17, 15) is 28.8 Å². The first-order chi connectivity index (χ1) is 18.8. The zero-order chi connectivity index (χ0) is 29.2. The van der Waals surface area contributed by atoms with Gasteiger partial charge in [-0.3, -0.25) is 38.8 Å². The minimum absolute atomic E-state index is 0.108. The number of nitrogens with zero attached hydrogens (tertiary/aromatic N) is 4. The van der Waals surface area contributed by atoms with Gasteiger partial charge in [0, 0.05) is 28.2 Å². The quantitative estimate of drug-likeness (QED) is 0.365. The van der Waals surface area contributed by atoms with E-state index < -0.39 is 35.7 Å². The Labute approximate surface area is 230 Å². The zero-order valence-electron chi connectivity index (χ0n) is 22.9. The van der Waals surface area contributed by atoms with Crippen LogP contribution in [0.3, 0.4) is 0 Å². The average Bonchev–Trinajstić information content (AvgIpc) is 3.26. The van der Waals surface area contributed by atoms with E-state index in [-0.39, 0.29) is 11.1 Å². The van der Waals surface area contributed by atoms with Gasteiger partial charge in [0.15, 0.2) is 0 Å². The SMILES string of the molecule is CC(C)=C1c2cc(C=C3C(=O)N(C)C(=O)N(C)C3=O)ccc2-c2ccc(C=C3C(=O)N(C)C(=O)N(C)C3=O)cc21. The molecule has 2 heterocycles. The Morgan fingerprint density at radius 3 is 1.15 bits per heavy atom. The number of carbonyl (C=O) groups excluding carboxylic acids is 6. The molecule has 40 heavy (non-hydrogen) atoms. The van der Waals surface area contributed by atoms with Crippen LogP contribution >= 0.6 is 0 Å². The van der Waals surface area contributed by atoms with E-state index in [1.807, 2.05) is 38.1 Å². The van der Waals surface area contributed by atoms with Crippen LogP contribution in [0.5, 0.6) is 0 Å². The molecule has 0 spiro atoms. The van der Waals surface area contributed by atoms with E-state index in [4.69, 9.17) is 0 Å². The van der Waals surface area contributed by atoms with E-state index in [0.29, 0.717) is 11.1 Å². The molecule has 0 saturated carbocycles. The fraction of sp³-hybridized carbons (Fsp3) is 0.200. The number of urea groups is 2. The lowest BCUT2D eigenvalue weighted by Crippen LogP contribution is -2.52. The summed E-state index contributed by atoms with van der Waals surface area (Å²) in [7, 11) is 5.32. The van der Waals surface area contributed by atoms with Crippen molar-refractivity contribution in [3.63, 3.8) is 0 Å². The molecule has 0 N–H and O–H groups in total. The highest BCUT2D eigenvalue weighted by Gasteiger charge is 2.39. The second-order valence-electron chi connectivity index (χ2n) is 10.1. The summed E-state index contributed by atoms with van der Waals surface area (Å²) >= 11 is 0. The van der Waals surface area contributed by atoms with E-state index in [0.717, 1.165) is 53.0 Å². The first kappa shape index (κ1) is 26.5. The molecule has 1 aliphatic carbocycles. The average molecular weight is 539 g/mol. The molecule has 2 saturated heterocycles. The molecular weight excluding hydrogens is 512 g/mol. The Balaban J connectivity index is 1.57. The molecule has 2 aliphatic heterocycles. The number of benzene rings is 2. The second-order valence-corrected chi connectivity index (χ2v) is 10.1. The molecule has 202 valence electrons. The monoisotopic (exact) mass is 538 g/mol. The lowest BCUT2D eigenvalue weighted by atomic mass is 9.96. The summed E-state index contributed by atoms with van der Waals surface area (Å²) in [4.78, 5) is 78.6. The number of hydrogen-bond acceptors (Lipinski definition) is 6. The third-order valence-corrected chi connectivity index (χ3v) is 7.33. The van der Waals surface area contributed by atoms with E-state index in [1.165, 1.54) is 40.3 Å². The standard InChI is InChI=1S/C30H26N4O6/c1-15(2)24-20-11-16(13-22-25(35)31(3)29(39)32(4)26(22)36)7-9-18(20)19-10-8-17(12-21(19)24)14-23-27(37)33(5)30(40)34(6)28(23)38/h7-14H,1-6H3. The summed E-state index contributed by atoms with van der Waals surface area (Å²) in [5.41, 5.74) is 6.69. The van der Waals surface area contributed by atoms with Crippen LogP contribution in [0.15, 0.2) is 53.1 Å². The van der Waals surface area contributed by atoms with Gasteiger partial charge in [-0.1, -0.05) is 29.8 Å². The molecule has 5 rings (SSSR count). The van der Waals surface area contributed by atoms with E-state index in [1.54, 1.807) is 12.1 Å². The Morgan fingerprint density at radius 2 is 0.850 bits per heavy atom. The van der Waals surface area contributed by atoms with Gasteiger partial charge < -0.3 is 0 Å². The normalized spacial score (nSPS) is 17.2. The number of amides is 8. The number of carbonyl (C=O) groups is 6. The Morgan fingerprint density at radius 1 is 0.525 bits per heavy atom. The predicted molar refractivity (Wildman–Crippen MR) is 147 cm³/mol. The Bertz CT molecular complexity index is 1520. The van der Waals surface area contributed by atoms with Gasteiger partial charge in [0.25, 0.3) is 23.6 Å². The van der Waals surface area contributed by atoms with Crippen molar-refractivity contribution in [2.75, 3.05) is 28.2 Å². The molecule has 0 radical (unpaired) electrons. The summed E-state index contributed by atoms with van der Waals surface area (Å²) in [5, 5.41) is 0. The van der Waals surface area contributed by atoms with Gasteiger partial charge in [0.05, 0.1) is 0 Å². The van der Waals surface area contributed by atoms with Crippen LogP contribution in [0, 0.1) is 0 Å². The van der Waals surface area contributed by atoms with Gasteiger partial charge in [-0.25, -0.2) is 9.59 Å². The van der Waals surface area contributed by atoms with Crippen molar-refractivity contribution in [1.29, 1.82) is 0 Å². The highest BCUT2D eigenvalue weighted by Crippen LogP contribution is 2.46. The number of fused-ring (bicyclic) bond motifs is 3. The number of barbiturate groups is 2.